The molecule has 1 saturated heterocycles. The molecular weight excluding hydrogens is 256 g/mol. The summed E-state index contributed by atoms with van der Waals surface area (Å²) in [5.41, 5.74) is 0. The molecule has 3 nitrogen and oxygen atoms in total. The monoisotopic (exact) mass is 272 g/mol. The second-order valence-electron chi connectivity index (χ2n) is 4.43. The van der Waals surface area contributed by atoms with Crippen molar-refractivity contribution in [1.29, 1.82) is 0 Å². The molecule has 1 fully saturated rings. The highest BCUT2D eigenvalue weighted by Gasteiger charge is 2.27. The number of hydrogen-bond acceptors (Lipinski definition) is 5. The van der Waals surface area contributed by atoms with E-state index in [0.717, 1.165) is 17.7 Å². The van der Waals surface area contributed by atoms with Gasteiger partial charge in [0.15, 0.2) is 0 Å². The maximum absolute atomic E-state index is 11.9. The van der Waals surface area contributed by atoms with E-state index in [-0.39, 0.29) is 24.3 Å². The molecule has 0 N–H and O–H groups in total. The van der Waals surface area contributed by atoms with Crippen molar-refractivity contribution in [1.82, 2.24) is 0 Å². The van der Waals surface area contributed by atoms with Crippen LogP contribution in [0.3, 0.4) is 0 Å². The van der Waals surface area contributed by atoms with Crippen molar-refractivity contribution in [3.8, 4) is 0 Å². The van der Waals surface area contributed by atoms with Crippen LogP contribution in [0.15, 0.2) is 16.3 Å². The number of carbonyl (C=O) groups excluding carboxylic acids is 1. The van der Waals surface area contributed by atoms with Gasteiger partial charge in [0.2, 0.25) is 0 Å². The van der Waals surface area contributed by atoms with Crippen LogP contribution in [-0.2, 0) is 9.47 Å². The summed E-state index contributed by atoms with van der Waals surface area (Å²) in [5, 5.41) is 1.83. The number of rotatable bonds is 2. The highest BCUT2D eigenvalue weighted by atomic mass is 32.1. The third-order valence-electron chi connectivity index (χ3n) is 2.71. The molecule has 0 aliphatic carbocycles. The fraction of sp³-hybridized carbons (Fsp3) is 0.583. The Morgan fingerprint density at radius 1 is 1.47 bits per heavy atom. The summed E-state index contributed by atoms with van der Waals surface area (Å²) < 4.78 is 11.1. The minimum absolute atomic E-state index is 0.0354. The number of thiophene rings is 1. The Morgan fingerprint density at radius 3 is 2.65 bits per heavy atom. The van der Waals surface area contributed by atoms with E-state index >= 15 is 0 Å². The predicted octanol–water partition coefficient (Wildman–Crippen LogP) is 3.15. The molecule has 17 heavy (non-hydrogen) atoms. The number of thiol groups is 1. The molecule has 2 unspecified atom stereocenters. The fourth-order valence-electron chi connectivity index (χ4n) is 2.08. The fourth-order valence-corrected chi connectivity index (χ4v) is 3.11. The average molecular weight is 272 g/mol. The van der Waals surface area contributed by atoms with Crippen molar-refractivity contribution in [3.63, 3.8) is 0 Å². The van der Waals surface area contributed by atoms with E-state index in [0.29, 0.717) is 4.88 Å². The van der Waals surface area contributed by atoms with Crippen LogP contribution in [0.4, 0.5) is 0 Å². The lowest BCUT2D eigenvalue weighted by atomic mass is 10.0. The highest BCUT2D eigenvalue weighted by molar-refractivity contribution is 7.80. The molecule has 0 amide bonds. The van der Waals surface area contributed by atoms with Crippen LogP contribution in [-0.4, -0.2) is 24.3 Å². The molecule has 2 heterocycles. The first-order chi connectivity index (χ1) is 8.04. The normalized spacial score (nSPS) is 29.0. The van der Waals surface area contributed by atoms with Crippen molar-refractivity contribution < 1.29 is 14.3 Å². The SMILES string of the molecule is CC1CC(OC(=O)c2cc(S)cs2)CC(C)O1. The molecule has 0 saturated carbocycles. The number of carbonyl (C=O) groups is 1. The zero-order valence-electron chi connectivity index (χ0n) is 9.88. The lowest BCUT2D eigenvalue weighted by molar-refractivity contribution is -0.0854. The van der Waals surface area contributed by atoms with Gasteiger partial charge in [-0.3, -0.25) is 0 Å². The maximum atomic E-state index is 11.9. The van der Waals surface area contributed by atoms with E-state index in [1.165, 1.54) is 11.3 Å². The molecule has 94 valence electrons. The van der Waals surface area contributed by atoms with Gasteiger partial charge in [-0.15, -0.1) is 24.0 Å². The summed E-state index contributed by atoms with van der Waals surface area (Å²) >= 11 is 5.54. The van der Waals surface area contributed by atoms with Crippen LogP contribution in [0, 0.1) is 0 Å². The van der Waals surface area contributed by atoms with Crippen LogP contribution in [0.25, 0.3) is 0 Å². The van der Waals surface area contributed by atoms with Crippen LogP contribution >= 0.6 is 24.0 Å². The Bertz CT molecular complexity index is 392. The van der Waals surface area contributed by atoms with E-state index < -0.39 is 0 Å². The molecular formula is C12H16O3S2. The third-order valence-corrected chi connectivity index (χ3v) is 4.06. The van der Waals surface area contributed by atoms with Crippen molar-refractivity contribution in [2.45, 2.75) is 49.9 Å². The van der Waals surface area contributed by atoms with E-state index in [2.05, 4.69) is 12.6 Å². The van der Waals surface area contributed by atoms with E-state index in [9.17, 15) is 4.79 Å². The van der Waals surface area contributed by atoms with Gasteiger partial charge in [0.1, 0.15) is 11.0 Å². The molecule has 0 bridgehead atoms. The Kier molecular flexibility index (Phi) is 4.12. The zero-order valence-corrected chi connectivity index (χ0v) is 11.6. The van der Waals surface area contributed by atoms with Gasteiger partial charge >= 0.3 is 5.97 Å². The number of ether oxygens (including phenoxy) is 2. The minimum atomic E-state index is -0.249. The quantitative estimate of drug-likeness (QED) is 0.663. The second-order valence-corrected chi connectivity index (χ2v) is 5.85. The molecule has 0 radical (unpaired) electrons. The van der Waals surface area contributed by atoms with Gasteiger partial charge in [-0.2, -0.15) is 0 Å². The molecule has 5 heteroatoms. The lowest BCUT2D eigenvalue weighted by Crippen LogP contribution is -2.35. The van der Waals surface area contributed by atoms with Gasteiger partial charge < -0.3 is 9.47 Å². The molecule has 0 aromatic carbocycles. The Labute approximate surface area is 111 Å². The average Bonchev–Trinajstić information content (AvgIpc) is 2.63. The Morgan fingerprint density at radius 2 is 2.12 bits per heavy atom. The standard InChI is InChI=1S/C12H16O3S2/c1-7-3-9(4-8(2)14-7)15-12(13)11-5-10(16)6-17-11/h5-9,16H,3-4H2,1-2H3. The summed E-state index contributed by atoms with van der Waals surface area (Å²) in [7, 11) is 0. The molecule has 0 spiro atoms. The summed E-state index contributed by atoms with van der Waals surface area (Å²) in [4.78, 5) is 13.3. The first-order valence-corrected chi connectivity index (χ1v) is 7.01. The van der Waals surface area contributed by atoms with Gasteiger partial charge in [0.25, 0.3) is 0 Å². The predicted molar refractivity (Wildman–Crippen MR) is 70.0 cm³/mol. The highest BCUT2D eigenvalue weighted by Crippen LogP contribution is 2.24. The smallest absolute Gasteiger partial charge is 0.348 e. The number of hydrogen-bond donors (Lipinski definition) is 1. The van der Waals surface area contributed by atoms with Crippen LogP contribution < -0.4 is 0 Å². The third kappa shape index (κ3) is 3.47. The molecule has 1 aliphatic rings. The molecule has 2 rings (SSSR count). The summed E-state index contributed by atoms with van der Waals surface area (Å²) in [6, 6.07) is 1.74. The van der Waals surface area contributed by atoms with Crippen LogP contribution in [0.1, 0.15) is 36.4 Å². The van der Waals surface area contributed by atoms with Gasteiger partial charge in [-0.05, 0) is 19.9 Å². The van der Waals surface area contributed by atoms with E-state index in [1.54, 1.807) is 6.07 Å². The van der Waals surface area contributed by atoms with Crippen molar-refractivity contribution in [3.05, 3.63) is 16.3 Å². The molecule has 1 aromatic heterocycles. The first-order valence-electron chi connectivity index (χ1n) is 5.68. The van der Waals surface area contributed by atoms with Gasteiger partial charge in [0.05, 0.1) is 12.2 Å². The largest absolute Gasteiger partial charge is 0.458 e. The van der Waals surface area contributed by atoms with Gasteiger partial charge in [-0.1, -0.05) is 0 Å². The Hall–Kier alpha value is -0.520. The molecule has 1 aromatic rings. The van der Waals surface area contributed by atoms with Crippen LogP contribution in [0.5, 0.6) is 0 Å². The maximum Gasteiger partial charge on any atom is 0.348 e. The topological polar surface area (TPSA) is 35.5 Å². The second kappa shape index (κ2) is 5.42. The van der Waals surface area contributed by atoms with Gasteiger partial charge in [0, 0.05) is 23.1 Å². The lowest BCUT2D eigenvalue weighted by Gasteiger charge is -2.31. The summed E-state index contributed by atoms with van der Waals surface area (Å²) in [6.07, 6.45) is 1.82. The van der Waals surface area contributed by atoms with Crippen molar-refractivity contribution in [2.24, 2.45) is 0 Å². The van der Waals surface area contributed by atoms with E-state index in [1.807, 2.05) is 19.2 Å². The minimum Gasteiger partial charge on any atom is -0.458 e. The summed E-state index contributed by atoms with van der Waals surface area (Å²) in [5.74, 6) is -0.249. The summed E-state index contributed by atoms with van der Waals surface area (Å²) in [6.45, 7) is 4.01. The number of esters is 1. The Balaban J connectivity index is 1.94. The van der Waals surface area contributed by atoms with Gasteiger partial charge in [-0.25, -0.2) is 4.79 Å². The van der Waals surface area contributed by atoms with Crippen LogP contribution in [0.2, 0.25) is 0 Å². The van der Waals surface area contributed by atoms with Crippen molar-refractivity contribution in [2.75, 3.05) is 0 Å². The molecule has 2 atom stereocenters. The molecule has 1 aliphatic heterocycles. The zero-order chi connectivity index (χ0) is 12.4. The van der Waals surface area contributed by atoms with Crippen molar-refractivity contribution >= 4 is 29.9 Å². The first kappa shape index (κ1) is 12.9. The van der Waals surface area contributed by atoms with E-state index in [4.69, 9.17) is 9.47 Å².